The van der Waals surface area contributed by atoms with Crippen LogP contribution in [0.1, 0.15) is 13.8 Å². The molecule has 0 rings (SSSR count). The van der Waals surface area contributed by atoms with Crippen LogP contribution in [-0.4, -0.2) is 48.5 Å². The van der Waals surface area contributed by atoms with Crippen molar-refractivity contribution in [3.63, 3.8) is 0 Å². The summed E-state index contributed by atoms with van der Waals surface area (Å²) in [6.45, 7) is 2.93. The van der Waals surface area contributed by atoms with Crippen LogP contribution in [0.25, 0.3) is 0 Å². The van der Waals surface area contributed by atoms with Gasteiger partial charge in [0.2, 0.25) is 5.91 Å². The Bertz CT molecular complexity index is 397. The molecule has 0 heterocycles. The topological polar surface area (TPSA) is 110 Å². The largest absolute Gasteiger partial charge is 0.467 e. The van der Waals surface area contributed by atoms with Crippen LogP contribution >= 0.6 is 12.6 Å². The number of methoxy groups -OCH3 is 1. The first-order valence-corrected chi connectivity index (χ1v) is 6.59. The minimum Gasteiger partial charge on any atom is -0.467 e. The van der Waals surface area contributed by atoms with E-state index in [0.29, 0.717) is 0 Å². The minimum absolute atomic E-state index is 0.653. The Balaban J connectivity index is 4.85. The fraction of sp³-hybridized carbons (Fsp3) is 0.750. The highest BCUT2D eigenvalue weighted by molar-refractivity contribution is 7.85. The number of hydrogen-bond donors (Lipinski definition) is 3. The molecule has 0 fully saturated rings. The molecule has 1 atom stereocenters. The second kappa shape index (κ2) is 5.69. The van der Waals surface area contributed by atoms with Crippen molar-refractivity contribution in [1.82, 2.24) is 5.32 Å². The monoisotopic (exact) mass is 285 g/mol. The number of carbonyl (C=O) groups is 2. The van der Waals surface area contributed by atoms with Crippen molar-refractivity contribution in [2.75, 3.05) is 12.9 Å². The molecule has 0 saturated carbocycles. The molecule has 0 unspecified atom stereocenters. The summed E-state index contributed by atoms with van der Waals surface area (Å²) in [5.41, 5.74) is 0. The summed E-state index contributed by atoms with van der Waals surface area (Å²) >= 11 is 3.96. The fourth-order valence-corrected chi connectivity index (χ4v) is 1.56. The predicted molar refractivity (Wildman–Crippen MR) is 63.4 cm³/mol. The molecule has 7 nitrogen and oxygen atoms in total. The molecule has 0 saturated heterocycles. The third kappa shape index (κ3) is 6.49. The van der Waals surface area contributed by atoms with Gasteiger partial charge in [0.1, 0.15) is 11.8 Å². The molecule has 0 spiro atoms. The summed E-state index contributed by atoms with van der Waals surface area (Å²) in [5, 5.41) is 2.14. The second-order valence-corrected chi connectivity index (χ2v) is 6.47. The number of amides is 1. The lowest BCUT2D eigenvalue weighted by molar-refractivity contribution is -0.144. The number of rotatable bonds is 5. The highest BCUT2D eigenvalue weighted by Gasteiger charge is 2.31. The van der Waals surface area contributed by atoms with Crippen LogP contribution in [-0.2, 0) is 24.4 Å². The van der Waals surface area contributed by atoms with Crippen LogP contribution in [0.2, 0.25) is 0 Å². The third-order valence-corrected chi connectivity index (χ3v) is 2.68. The summed E-state index contributed by atoms with van der Waals surface area (Å²) in [4.78, 5) is 22.7. The number of carbonyl (C=O) groups excluding carboxylic acids is 2. The van der Waals surface area contributed by atoms with E-state index in [9.17, 15) is 18.0 Å². The van der Waals surface area contributed by atoms with Gasteiger partial charge in [-0.15, -0.1) is 0 Å². The molecular formula is C8H15NO6S2. The number of ether oxygens (including phenoxy) is 1. The summed E-state index contributed by atoms with van der Waals surface area (Å²) in [5.74, 6) is -2.57. The van der Waals surface area contributed by atoms with Crippen molar-refractivity contribution in [1.29, 1.82) is 0 Å². The average Bonchev–Trinajstić information content (AvgIpc) is 2.11. The van der Waals surface area contributed by atoms with E-state index in [4.69, 9.17) is 4.55 Å². The van der Waals surface area contributed by atoms with Gasteiger partial charge in [0.05, 0.1) is 11.9 Å². The maximum atomic E-state index is 11.5. The number of nitrogens with one attached hydrogen (secondary N) is 1. The van der Waals surface area contributed by atoms with Gasteiger partial charge in [-0.05, 0) is 13.8 Å². The molecule has 0 aliphatic carbocycles. The van der Waals surface area contributed by atoms with Gasteiger partial charge in [-0.3, -0.25) is 9.35 Å². The summed E-state index contributed by atoms with van der Waals surface area (Å²) in [6.07, 6.45) is 0. The second-order valence-electron chi connectivity index (χ2n) is 3.86. The lowest BCUT2D eigenvalue weighted by Gasteiger charge is -2.21. The Morgan fingerprint density at radius 2 is 1.94 bits per heavy atom. The molecule has 0 bridgehead atoms. The first kappa shape index (κ1) is 16.2. The molecule has 100 valence electrons. The molecule has 9 heteroatoms. The van der Waals surface area contributed by atoms with E-state index < -0.39 is 38.5 Å². The Morgan fingerprint density at radius 3 is 2.24 bits per heavy atom. The normalized spacial score (nSPS) is 13.9. The summed E-state index contributed by atoms with van der Waals surface area (Å²) < 4.78 is 33.2. The standard InChI is InChI=1S/C8H15NO6S2/c1-8(2,16)7(11)9-5(6(10)15-3)4-17(12,13)14/h5,16H,4H2,1-3H3,(H,9,11)(H,12,13,14)/t5-/m1/s1. The molecule has 0 aromatic rings. The van der Waals surface area contributed by atoms with E-state index in [1.807, 2.05) is 0 Å². The number of esters is 1. The minimum atomic E-state index is -4.41. The van der Waals surface area contributed by atoms with Gasteiger partial charge in [-0.25, -0.2) is 4.79 Å². The molecule has 2 N–H and O–H groups in total. The zero-order valence-electron chi connectivity index (χ0n) is 9.63. The SMILES string of the molecule is COC(=O)[C@@H](CS(=O)(=O)O)NC(=O)C(C)(C)S. The van der Waals surface area contributed by atoms with Gasteiger partial charge in [0.25, 0.3) is 10.1 Å². The van der Waals surface area contributed by atoms with Crippen LogP contribution in [0.15, 0.2) is 0 Å². The highest BCUT2D eigenvalue weighted by atomic mass is 32.2. The summed E-state index contributed by atoms with van der Waals surface area (Å²) in [6, 6.07) is -1.46. The van der Waals surface area contributed by atoms with Gasteiger partial charge in [-0.2, -0.15) is 21.0 Å². The Hall–Kier alpha value is -0.800. The molecule has 0 aliphatic heterocycles. The smallest absolute Gasteiger partial charge is 0.329 e. The molecule has 0 aromatic heterocycles. The number of hydrogen-bond acceptors (Lipinski definition) is 6. The maximum absolute atomic E-state index is 11.5. The Labute approximate surface area is 105 Å². The lowest BCUT2D eigenvalue weighted by atomic mass is 10.2. The molecular weight excluding hydrogens is 270 g/mol. The van der Waals surface area contributed by atoms with Gasteiger partial charge in [0, 0.05) is 0 Å². The van der Waals surface area contributed by atoms with Crippen LogP contribution in [0.3, 0.4) is 0 Å². The van der Waals surface area contributed by atoms with E-state index in [0.717, 1.165) is 7.11 Å². The molecule has 17 heavy (non-hydrogen) atoms. The predicted octanol–water partition coefficient (Wildman–Crippen LogP) is -0.760. The van der Waals surface area contributed by atoms with Gasteiger partial charge in [-0.1, -0.05) is 0 Å². The fourth-order valence-electron chi connectivity index (χ4n) is 0.856. The van der Waals surface area contributed by atoms with Gasteiger partial charge >= 0.3 is 5.97 Å². The number of thiol groups is 1. The van der Waals surface area contributed by atoms with Crippen LogP contribution in [0.4, 0.5) is 0 Å². The Morgan fingerprint density at radius 1 is 1.47 bits per heavy atom. The lowest BCUT2D eigenvalue weighted by Crippen LogP contribution is -2.50. The quantitative estimate of drug-likeness (QED) is 0.348. The average molecular weight is 285 g/mol. The highest BCUT2D eigenvalue weighted by Crippen LogP contribution is 2.12. The van der Waals surface area contributed by atoms with Crippen molar-refractivity contribution in [2.24, 2.45) is 0 Å². The summed E-state index contributed by atoms with van der Waals surface area (Å²) in [7, 11) is -3.37. The maximum Gasteiger partial charge on any atom is 0.329 e. The van der Waals surface area contributed by atoms with Crippen molar-refractivity contribution in [3.05, 3.63) is 0 Å². The van der Waals surface area contributed by atoms with Gasteiger partial charge < -0.3 is 10.1 Å². The molecule has 0 aromatic carbocycles. The van der Waals surface area contributed by atoms with Crippen molar-refractivity contribution in [2.45, 2.75) is 24.6 Å². The zero-order valence-corrected chi connectivity index (χ0v) is 11.3. The zero-order chi connectivity index (χ0) is 13.9. The van der Waals surface area contributed by atoms with Gasteiger partial charge in [0.15, 0.2) is 0 Å². The van der Waals surface area contributed by atoms with Crippen molar-refractivity contribution < 1.29 is 27.3 Å². The van der Waals surface area contributed by atoms with Crippen LogP contribution in [0.5, 0.6) is 0 Å². The van der Waals surface area contributed by atoms with E-state index in [2.05, 4.69) is 22.7 Å². The van der Waals surface area contributed by atoms with Crippen LogP contribution < -0.4 is 5.32 Å². The molecule has 1 amide bonds. The van der Waals surface area contributed by atoms with Crippen LogP contribution in [0, 0.1) is 0 Å². The van der Waals surface area contributed by atoms with Crippen molar-refractivity contribution >= 4 is 34.6 Å². The Kier molecular flexibility index (Phi) is 5.43. The first-order chi connectivity index (χ1) is 7.47. The van der Waals surface area contributed by atoms with E-state index in [1.165, 1.54) is 13.8 Å². The van der Waals surface area contributed by atoms with E-state index >= 15 is 0 Å². The molecule has 0 aliphatic rings. The first-order valence-electron chi connectivity index (χ1n) is 4.53. The van der Waals surface area contributed by atoms with E-state index in [1.54, 1.807) is 0 Å². The van der Waals surface area contributed by atoms with E-state index in [-0.39, 0.29) is 0 Å². The molecule has 0 radical (unpaired) electrons. The third-order valence-electron chi connectivity index (χ3n) is 1.72. The van der Waals surface area contributed by atoms with Crippen molar-refractivity contribution in [3.8, 4) is 0 Å².